The lowest BCUT2D eigenvalue weighted by molar-refractivity contribution is 0.0651. The lowest BCUT2D eigenvalue weighted by atomic mass is 10.0. The molecule has 0 bridgehead atoms. The Balaban J connectivity index is 1.38. The largest absolute Gasteiger partial charge is 0.294 e. The van der Waals surface area contributed by atoms with Crippen LogP contribution in [-0.4, -0.2) is 29.0 Å². The molecule has 1 aliphatic rings. The van der Waals surface area contributed by atoms with E-state index in [0.717, 1.165) is 31.2 Å². The number of Topliss-reactive ketones (excluding diaryl/α,β-unsaturated/α-hetero) is 1. The number of fused-ring (bicyclic) bond motifs is 1. The van der Waals surface area contributed by atoms with Gasteiger partial charge in [0.1, 0.15) is 0 Å². The summed E-state index contributed by atoms with van der Waals surface area (Å²) in [5, 5.41) is 0. The summed E-state index contributed by atoms with van der Waals surface area (Å²) in [5.74, 6) is -0.222. The number of amides is 2. The van der Waals surface area contributed by atoms with E-state index in [2.05, 4.69) is 0 Å². The quantitative estimate of drug-likeness (QED) is 0.414. The van der Waals surface area contributed by atoms with Gasteiger partial charge in [0.05, 0.1) is 11.1 Å². The normalized spacial score (nSPS) is 13.2. The maximum atomic E-state index is 12.2. The van der Waals surface area contributed by atoms with Crippen molar-refractivity contribution in [1.82, 2.24) is 4.90 Å². The van der Waals surface area contributed by atoms with Crippen molar-refractivity contribution in [2.75, 3.05) is 6.54 Å². The summed E-state index contributed by atoms with van der Waals surface area (Å²) >= 11 is 0. The number of carbonyl (C=O) groups is 3. The molecule has 25 heavy (non-hydrogen) atoms. The fourth-order valence-corrected chi connectivity index (χ4v) is 3.12. The van der Waals surface area contributed by atoms with Crippen molar-refractivity contribution in [1.29, 1.82) is 0 Å². The molecule has 0 spiro atoms. The van der Waals surface area contributed by atoms with E-state index in [1.54, 1.807) is 24.3 Å². The summed E-state index contributed by atoms with van der Waals surface area (Å²) in [4.78, 5) is 37.8. The molecule has 0 aliphatic carbocycles. The van der Waals surface area contributed by atoms with E-state index in [4.69, 9.17) is 0 Å². The smallest absolute Gasteiger partial charge is 0.261 e. The Kier molecular flexibility index (Phi) is 5.39. The van der Waals surface area contributed by atoms with Crippen molar-refractivity contribution < 1.29 is 14.4 Å². The minimum Gasteiger partial charge on any atom is -0.294 e. The van der Waals surface area contributed by atoms with Crippen molar-refractivity contribution in [3.05, 3.63) is 71.3 Å². The van der Waals surface area contributed by atoms with Gasteiger partial charge in [-0.2, -0.15) is 0 Å². The van der Waals surface area contributed by atoms with E-state index in [0.29, 0.717) is 24.1 Å². The summed E-state index contributed by atoms with van der Waals surface area (Å²) in [6, 6.07) is 16.3. The highest BCUT2D eigenvalue weighted by Gasteiger charge is 2.34. The Morgan fingerprint density at radius 1 is 0.720 bits per heavy atom. The molecule has 0 unspecified atom stereocenters. The average molecular weight is 335 g/mol. The van der Waals surface area contributed by atoms with Crippen LogP contribution in [0.5, 0.6) is 0 Å². The van der Waals surface area contributed by atoms with Gasteiger partial charge in [0.25, 0.3) is 11.8 Å². The molecule has 0 aromatic heterocycles. The zero-order chi connectivity index (χ0) is 17.6. The van der Waals surface area contributed by atoms with E-state index >= 15 is 0 Å². The third-order valence-electron chi connectivity index (χ3n) is 4.51. The van der Waals surface area contributed by atoms with Gasteiger partial charge in [-0.15, -0.1) is 0 Å². The van der Waals surface area contributed by atoms with Crippen LogP contribution in [-0.2, 0) is 0 Å². The number of imide groups is 1. The molecule has 0 atom stereocenters. The van der Waals surface area contributed by atoms with Crippen LogP contribution in [0.25, 0.3) is 0 Å². The topological polar surface area (TPSA) is 54.5 Å². The van der Waals surface area contributed by atoms with Gasteiger partial charge in [-0.05, 0) is 25.0 Å². The molecule has 0 N–H and O–H groups in total. The summed E-state index contributed by atoms with van der Waals surface area (Å²) in [7, 11) is 0. The van der Waals surface area contributed by atoms with Gasteiger partial charge < -0.3 is 0 Å². The van der Waals surface area contributed by atoms with Gasteiger partial charge in [0.15, 0.2) is 5.78 Å². The van der Waals surface area contributed by atoms with Crippen LogP contribution in [0.15, 0.2) is 54.6 Å². The molecule has 0 radical (unpaired) electrons. The maximum Gasteiger partial charge on any atom is 0.261 e. The first-order valence-corrected chi connectivity index (χ1v) is 8.72. The Labute approximate surface area is 147 Å². The second-order valence-corrected chi connectivity index (χ2v) is 6.26. The molecule has 0 saturated heterocycles. The maximum absolute atomic E-state index is 12.2. The molecule has 3 rings (SSSR count). The molecule has 2 aromatic carbocycles. The SMILES string of the molecule is O=C(CCCCCCN1C(=O)c2ccccc2C1=O)c1ccccc1. The molecule has 4 nitrogen and oxygen atoms in total. The van der Waals surface area contributed by atoms with Gasteiger partial charge in [0, 0.05) is 18.5 Å². The predicted octanol–water partition coefficient (Wildman–Crippen LogP) is 4.12. The number of benzene rings is 2. The molecule has 2 aromatic rings. The number of hydrogen-bond acceptors (Lipinski definition) is 3. The predicted molar refractivity (Wildman–Crippen MR) is 95.7 cm³/mol. The molecular formula is C21H21NO3. The molecule has 0 fully saturated rings. The summed E-state index contributed by atoms with van der Waals surface area (Å²) in [6.45, 7) is 0.443. The molecule has 128 valence electrons. The van der Waals surface area contributed by atoms with Crippen LogP contribution in [0.2, 0.25) is 0 Å². The number of ketones is 1. The molecule has 1 aliphatic heterocycles. The van der Waals surface area contributed by atoms with Crippen LogP contribution >= 0.6 is 0 Å². The molecule has 0 saturated carbocycles. The van der Waals surface area contributed by atoms with E-state index < -0.39 is 0 Å². The van der Waals surface area contributed by atoms with E-state index in [-0.39, 0.29) is 17.6 Å². The van der Waals surface area contributed by atoms with Crippen molar-refractivity contribution in [2.45, 2.75) is 32.1 Å². The van der Waals surface area contributed by atoms with Crippen molar-refractivity contribution in [2.24, 2.45) is 0 Å². The van der Waals surface area contributed by atoms with Crippen LogP contribution in [0.4, 0.5) is 0 Å². The van der Waals surface area contributed by atoms with Crippen LogP contribution in [0.3, 0.4) is 0 Å². The summed E-state index contributed by atoms with van der Waals surface area (Å²) in [6.07, 6.45) is 3.95. The minimum absolute atomic E-state index is 0.168. The highest BCUT2D eigenvalue weighted by Crippen LogP contribution is 2.22. The number of nitrogens with zero attached hydrogens (tertiary/aromatic N) is 1. The number of unbranched alkanes of at least 4 members (excludes halogenated alkanes) is 3. The van der Waals surface area contributed by atoms with Crippen molar-refractivity contribution in [3.63, 3.8) is 0 Å². The molecule has 2 amide bonds. The minimum atomic E-state index is -0.195. The fraction of sp³-hybridized carbons (Fsp3) is 0.286. The average Bonchev–Trinajstić information content (AvgIpc) is 2.90. The standard InChI is InChI=1S/C21H21NO3/c23-19(16-10-4-3-5-11-16)14-6-1-2-9-15-22-20(24)17-12-7-8-13-18(17)21(22)25/h3-5,7-8,10-13H,1-2,6,9,14-15H2. The Morgan fingerprint density at radius 2 is 1.28 bits per heavy atom. The van der Waals surface area contributed by atoms with E-state index in [1.165, 1.54) is 4.90 Å². The first-order valence-electron chi connectivity index (χ1n) is 8.72. The first kappa shape index (κ1) is 17.1. The third kappa shape index (κ3) is 3.85. The highest BCUT2D eigenvalue weighted by molar-refractivity contribution is 6.21. The third-order valence-corrected chi connectivity index (χ3v) is 4.51. The summed E-state index contributed by atoms with van der Waals surface area (Å²) in [5.41, 5.74) is 1.76. The number of hydrogen-bond donors (Lipinski definition) is 0. The van der Waals surface area contributed by atoms with E-state index in [9.17, 15) is 14.4 Å². The second-order valence-electron chi connectivity index (χ2n) is 6.26. The zero-order valence-corrected chi connectivity index (χ0v) is 14.1. The Hall–Kier alpha value is -2.75. The van der Waals surface area contributed by atoms with Gasteiger partial charge in [-0.3, -0.25) is 19.3 Å². The van der Waals surface area contributed by atoms with Gasteiger partial charge in [-0.1, -0.05) is 55.3 Å². The summed E-state index contributed by atoms with van der Waals surface area (Å²) < 4.78 is 0. The zero-order valence-electron chi connectivity index (χ0n) is 14.1. The lowest BCUT2D eigenvalue weighted by Gasteiger charge is -2.13. The molecular weight excluding hydrogens is 314 g/mol. The van der Waals surface area contributed by atoms with Gasteiger partial charge in [0.2, 0.25) is 0 Å². The first-order chi connectivity index (χ1) is 12.2. The lowest BCUT2D eigenvalue weighted by Crippen LogP contribution is -2.30. The van der Waals surface area contributed by atoms with Gasteiger partial charge >= 0.3 is 0 Å². The monoisotopic (exact) mass is 335 g/mol. The Morgan fingerprint density at radius 3 is 1.92 bits per heavy atom. The highest BCUT2D eigenvalue weighted by atomic mass is 16.2. The fourth-order valence-electron chi connectivity index (χ4n) is 3.12. The van der Waals surface area contributed by atoms with E-state index in [1.807, 2.05) is 30.3 Å². The number of rotatable bonds is 8. The Bertz CT molecular complexity index is 748. The van der Waals surface area contributed by atoms with Crippen molar-refractivity contribution in [3.8, 4) is 0 Å². The van der Waals surface area contributed by atoms with Crippen LogP contribution < -0.4 is 0 Å². The second kappa shape index (κ2) is 7.88. The van der Waals surface area contributed by atoms with Crippen LogP contribution in [0, 0.1) is 0 Å². The van der Waals surface area contributed by atoms with Crippen LogP contribution in [0.1, 0.15) is 63.2 Å². The molecule has 4 heteroatoms. The number of carbonyl (C=O) groups excluding carboxylic acids is 3. The molecule has 1 heterocycles. The van der Waals surface area contributed by atoms with Gasteiger partial charge in [-0.25, -0.2) is 0 Å². The van der Waals surface area contributed by atoms with Crippen molar-refractivity contribution >= 4 is 17.6 Å².